The van der Waals surface area contributed by atoms with E-state index in [0.29, 0.717) is 5.56 Å². The second-order valence-electron chi connectivity index (χ2n) is 2.01. The maximum Gasteiger partial charge on any atom is 0.316 e. The van der Waals surface area contributed by atoms with Crippen molar-refractivity contribution in [3.8, 4) is 6.01 Å². The molecule has 0 aliphatic rings. The van der Waals surface area contributed by atoms with Crippen LogP contribution in [0.2, 0.25) is 0 Å². The summed E-state index contributed by atoms with van der Waals surface area (Å²) < 4.78 is 4.72. The Morgan fingerprint density at radius 2 is 1.77 bits per heavy atom. The number of rotatable bonds is 2. The van der Waals surface area contributed by atoms with Crippen molar-refractivity contribution in [1.82, 2.24) is 9.97 Å². The normalized spacial score (nSPS) is 8.31. The first kappa shape index (κ1) is 11.6. The molecule has 0 saturated carbocycles. The monoisotopic (exact) mass is 182 g/mol. The third kappa shape index (κ3) is 3.64. The number of hydrogen-bond acceptors (Lipinski definition) is 4. The first-order valence-corrected chi connectivity index (χ1v) is 4.11. The molecule has 0 bridgehead atoms. The molecule has 0 unspecified atom stereocenters. The lowest BCUT2D eigenvalue weighted by Gasteiger charge is -1.96. The van der Waals surface area contributed by atoms with Crippen molar-refractivity contribution >= 4 is 5.78 Å². The van der Waals surface area contributed by atoms with E-state index in [1.165, 1.54) is 26.4 Å². The van der Waals surface area contributed by atoms with Gasteiger partial charge in [0.25, 0.3) is 0 Å². The van der Waals surface area contributed by atoms with Gasteiger partial charge in [-0.3, -0.25) is 4.79 Å². The molecule has 0 spiro atoms. The van der Waals surface area contributed by atoms with Crippen LogP contribution in [0.3, 0.4) is 0 Å². The van der Waals surface area contributed by atoms with Crippen LogP contribution in [0, 0.1) is 0 Å². The summed E-state index contributed by atoms with van der Waals surface area (Å²) in [4.78, 5) is 18.3. The van der Waals surface area contributed by atoms with Crippen LogP contribution < -0.4 is 4.74 Å². The molecule has 1 rings (SSSR count). The fraction of sp³-hybridized carbons (Fsp3) is 0.444. The highest BCUT2D eigenvalue weighted by Crippen LogP contribution is 2.01. The van der Waals surface area contributed by atoms with E-state index in [-0.39, 0.29) is 11.8 Å². The van der Waals surface area contributed by atoms with Crippen molar-refractivity contribution in [2.45, 2.75) is 20.8 Å². The zero-order chi connectivity index (χ0) is 10.3. The molecule has 13 heavy (non-hydrogen) atoms. The first-order chi connectivity index (χ1) is 6.24. The van der Waals surface area contributed by atoms with Crippen molar-refractivity contribution in [3.05, 3.63) is 18.0 Å². The van der Waals surface area contributed by atoms with Gasteiger partial charge in [-0.15, -0.1) is 0 Å². The molecule has 0 atom stereocenters. The lowest BCUT2D eigenvalue weighted by Crippen LogP contribution is -1.97. The van der Waals surface area contributed by atoms with Crippen molar-refractivity contribution in [3.63, 3.8) is 0 Å². The number of aromatic nitrogens is 2. The summed E-state index contributed by atoms with van der Waals surface area (Å²) in [5.41, 5.74) is 0.491. The SMILES string of the molecule is CC.COc1ncc(C(C)=O)cn1. The molecule has 0 aliphatic carbocycles. The second kappa shape index (κ2) is 6.11. The van der Waals surface area contributed by atoms with E-state index in [9.17, 15) is 4.79 Å². The molecule has 4 nitrogen and oxygen atoms in total. The molecule has 0 aromatic carbocycles. The van der Waals surface area contributed by atoms with Crippen LogP contribution in [0.25, 0.3) is 0 Å². The Bertz CT molecular complexity index is 257. The molecule has 0 aliphatic heterocycles. The molecule has 4 heteroatoms. The number of hydrogen-bond donors (Lipinski definition) is 0. The summed E-state index contributed by atoms with van der Waals surface area (Å²) in [6.45, 7) is 5.46. The lowest BCUT2D eigenvalue weighted by molar-refractivity contribution is 0.101. The number of carbonyl (C=O) groups excluding carboxylic acids is 1. The summed E-state index contributed by atoms with van der Waals surface area (Å²) >= 11 is 0. The number of nitrogens with zero attached hydrogens (tertiary/aromatic N) is 2. The standard InChI is InChI=1S/C7H8N2O2.C2H6/c1-5(10)6-3-8-7(11-2)9-4-6;1-2/h3-4H,1-2H3;1-2H3. The number of carbonyl (C=O) groups is 1. The fourth-order valence-corrected chi connectivity index (χ4v) is 0.603. The maximum absolute atomic E-state index is 10.7. The summed E-state index contributed by atoms with van der Waals surface area (Å²) in [5, 5.41) is 0. The topological polar surface area (TPSA) is 52.1 Å². The Morgan fingerprint density at radius 3 is 2.08 bits per heavy atom. The summed E-state index contributed by atoms with van der Waals surface area (Å²) in [5.74, 6) is -0.0485. The average molecular weight is 182 g/mol. The van der Waals surface area contributed by atoms with E-state index in [1.54, 1.807) is 0 Å². The van der Waals surface area contributed by atoms with Gasteiger partial charge in [-0.2, -0.15) is 0 Å². The molecule has 0 fully saturated rings. The lowest BCUT2D eigenvalue weighted by atomic mass is 10.2. The fourth-order valence-electron chi connectivity index (χ4n) is 0.603. The van der Waals surface area contributed by atoms with E-state index >= 15 is 0 Å². The highest BCUT2D eigenvalue weighted by Gasteiger charge is 1.99. The van der Waals surface area contributed by atoms with Crippen LogP contribution in [-0.2, 0) is 0 Å². The van der Waals surface area contributed by atoms with Gasteiger partial charge in [0.15, 0.2) is 5.78 Å². The van der Waals surface area contributed by atoms with Crippen molar-refractivity contribution in [2.24, 2.45) is 0 Å². The first-order valence-electron chi connectivity index (χ1n) is 4.11. The predicted molar refractivity (Wildman–Crippen MR) is 49.9 cm³/mol. The van der Waals surface area contributed by atoms with Gasteiger partial charge in [-0.1, -0.05) is 13.8 Å². The van der Waals surface area contributed by atoms with Crippen LogP contribution >= 0.6 is 0 Å². The quantitative estimate of drug-likeness (QED) is 0.653. The van der Waals surface area contributed by atoms with E-state index in [0.717, 1.165) is 0 Å². The van der Waals surface area contributed by atoms with Gasteiger partial charge in [0.05, 0.1) is 12.7 Å². The zero-order valence-corrected chi connectivity index (χ0v) is 8.37. The second-order valence-corrected chi connectivity index (χ2v) is 2.01. The smallest absolute Gasteiger partial charge is 0.316 e. The van der Waals surface area contributed by atoms with Crippen molar-refractivity contribution in [2.75, 3.05) is 7.11 Å². The minimum absolute atomic E-state index is 0.0485. The minimum atomic E-state index is -0.0485. The van der Waals surface area contributed by atoms with E-state index in [2.05, 4.69) is 9.97 Å². The van der Waals surface area contributed by atoms with Gasteiger partial charge in [0.1, 0.15) is 0 Å². The maximum atomic E-state index is 10.7. The van der Waals surface area contributed by atoms with Crippen LogP contribution in [0.15, 0.2) is 12.4 Å². The van der Waals surface area contributed by atoms with E-state index in [1.807, 2.05) is 13.8 Å². The van der Waals surface area contributed by atoms with Gasteiger partial charge < -0.3 is 4.74 Å². The highest BCUT2D eigenvalue weighted by atomic mass is 16.5. The molecule has 1 aromatic rings. The molecule has 1 aromatic heterocycles. The molecule has 0 amide bonds. The number of methoxy groups -OCH3 is 1. The minimum Gasteiger partial charge on any atom is -0.467 e. The largest absolute Gasteiger partial charge is 0.467 e. The van der Waals surface area contributed by atoms with Gasteiger partial charge in [0.2, 0.25) is 0 Å². The van der Waals surface area contributed by atoms with Crippen molar-refractivity contribution in [1.29, 1.82) is 0 Å². The van der Waals surface area contributed by atoms with E-state index < -0.39 is 0 Å². The zero-order valence-electron chi connectivity index (χ0n) is 8.37. The number of ketones is 1. The molecule has 72 valence electrons. The van der Waals surface area contributed by atoms with Crippen LogP contribution in [-0.4, -0.2) is 22.9 Å². The number of Topliss-reactive ketones (excluding diaryl/α,β-unsaturated/α-hetero) is 1. The summed E-state index contributed by atoms with van der Waals surface area (Å²) in [7, 11) is 1.47. The van der Waals surface area contributed by atoms with Gasteiger partial charge in [0, 0.05) is 12.4 Å². The Morgan fingerprint density at radius 1 is 1.31 bits per heavy atom. The molecule has 1 heterocycles. The van der Waals surface area contributed by atoms with Crippen LogP contribution in [0.4, 0.5) is 0 Å². The third-order valence-corrected chi connectivity index (χ3v) is 1.22. The van der Waals surface area contributed by atoms with Crippen LogP contribution in [0.1, 0.15) is 31.1 Å². The predicted octanol–water partition coefficient (Wildman–Crippen LogP) is 1.71. The molecule has 0 saturated heterocycles. The highest BCUT2D eigenvalue weighted by molar-refractivity contribution is 5.93. The summed E-state index contributed by atoms with van der Waals surface area (Å²) in [6.07, 6.45) is 2.88. The third-order valence-electron chi connectivity index (χ3n) is 1.22. The molecule has 0 N–H and O–H groups in total. The molecular weight excluding hydrogens is 168 g/mol. The number of ether oxygens (including phenoxy) is 1. The van der Waals surface area contributed by atoms with Gasteiger partial charge in [-0.05, 0) is 6.92 Å². The Hall–Kier alpha value is -1.45. The van der Waals surface area contributed by atoms with E-state index in [4.69, 9.17) is 4.74 Å². The Labute approximate surface area is 78.0 Å². The molecular formula is C9H14N2O2. The Kier molecular flexibility index (Phi) is 5.43. The van der Waals surface area contributed by atoms with Crippen molar-refractivity contribution < 1.29 is 9.53 Å². The van der Waals surface area contributed by atoms with Gasteiger partial charge in [-0.25, -0.2) is 9.97 Å². The van der Waals surface area contributed by atoms with Gasteiger partial charge >= 0.3 is 6.01 Å². The van der Waals surface area contributed by atoms with Crippen LogP contribution in [0.5, 0.6) is 6.01 Å². The summed E-state index contributed by atoms with van der Waals surface area (Å²) in [6, 6.07) is 0.273. The molecule has 0 radical (unpaired) electrons. The Balaban J connectivity index is 0.000000671. The average Bonchev–Trinajstić information content (AvgIpc) is 2.21.